The zero-order valence-electron chi connectivity index (χ0n) is 18.6. The van der Waals surface area contributed by atoms with Gasteiger partial charge in [-0.1, -0.05) is 84.0 Å². The number of ether oxygens (including phenoxy) is 1. The number of rotatable bonds is 8. The molecule has 0 spiro atoms. The third-order valence-electron chi connectivity index (χ3n) is 4.74. The zero-order valence-corrected chi connectivity index (χ0v) is 18.6. The minimum Gasteiger partial charge on any atom is -0.484 e. The lowest BCUT2D eigenvalue weighted by atomic mass is 9.72. The maximum Gasteiger partial charge on any atom is 0.277 e. The van der Waals surface area contributed by atoms with Crippen molar-refractivity contribution in [1.82, 2.24) is 5.43 Å². The Bertz CT molecular complexity index is 816. The summed E-state index contributed by atoms with van der Waals surface area (Å²) in [5, 5.41) is 4.24. The highest BCUT2D eigenvalue weighted by Gasteiger charge is 2.27. The topological polar surface area (TPSA) is 50.7 Å². The molecule has 4 nitrogen and oxygen atoms in total. The Balaban J connectivity index is 1.91. The van der Waals surface area contributed by atoms with Gasteiger partial charge in [0.15, 0.2) is 6.61 Å². The van der Waals surface area contributed by atoms with Crippen molar-refractivity contribution in [2.75, 3.05) is 6.61 Å². The van der Waals surface area contributed by atoms with Gasteiger partial charge in [-0.3, -0.25) is 4.79 Å². The van der Waals surface area contributed by atoms with E-state index < -0.39 is 0 Å². The molecule has 0 aliphatic rings. The molecule has 0 saturated carbocycles. The van der Waals surface area contributed by atoms with Gasteiger partial charge in [0.2, 0.25) is 0 Å². The predicted molar refractivity (Wildman–Crippen MR) is 120 cm³/mol. The molecule has 0 saturated heterocycles. The average molecular weight is 395 g/mol. The lowest BCUT2D eigenvalue weighted by Gasteiger charge is -2.33. The van der Waals surface area contributed by atoms with Crippen molar-refractivity contribution in [2.45, 2.75) is 59.8 Å². The van der Waals surface area contributed by atoms with Gasteiger partial charge in [-0.2, -0.15) is 5.10 Å². The third kappa shape index (κ3) is 7.37. The molecule has 0 bridgehead atoms. The molecule has 0 aromatic heterocycles. The van der Waals surface area contributed by atoms with Crippen LogP contribution in [-0.4, -0.2) is 18.2 Å². The Hall–Kier alpha value is -2.62. The molecule has 29 heavy (non-hydrogen) atoms. The van der Waals surface area contributed by atoms with Gasteiger partial charge in [-0.05, 0) is 46.9 Å². The van der Waals surface area contributed by atoms with Crippen molar-refractivity contribution in [2.24, 2.45) is 10.5 Å². The van der Waals surface area contributed by atoms with Gasteiger partial charge in [-0.25, -0.2) is 5.43 Å². The number of hydrogen-bond donors (Lipinski definition) is 1. The Morgan fingerprint density at radius 3 is 2.14 bits per heavy atom. The van der Waals surface area contributed by atoms with Crippen LogP contribution in [0.15, 0.2) is 59.7 Å². The van der Waals surface area contributed by atoms with Crippen LogP contribution in [0.2, 0.25) is 0 Å². The Kier molecular flexibility index (Phi) is 7.60. The first kappa shape index (κ1) is 22.7. The van der Waals surface area contributed by atoms with Gasteiger partial charge < -0.3 is 4.74 Å². The van der Waals surface area contributed by atoms with Crippen molar-refractivity contribution >= 4 is 11.6 Å². The number of amides is 1. The quantitative estimate of drug-likeness (QED) is 0.460. The van der Waals surface area contributed by atoms with E-state index in [1.165, 1.54) is 5.56 Å². The summed E-state index contributed by atoms with van der Waals surface area (Å²) in [6.07, 6.45) is 1.82. The van der Waals surface area contributed by atoms with Gasteiger partial charge in [0, 0.05) is 0 Å². The van der Waals surface area contributed by atoms with Crippen LogP contribution in [0.3, 0.4) is 0 Å². The normalized spacial score (nSPS) is 12.6. The van der Waals surface area contributed by atoms with Crippen LogP contribution in [0, 0.1) is 5.41 Å². The molecule has 1 N–H and O–H groups in total. The summed E-state index contributed by atoms with van der Waals surface area (Å²) in [4.78, 5) is 12.1. The molecule has 0 aliphatic heterocycles. The lowest BCUT2D eigenvalue weighted by molar-refractivity contribution is -0.123. The van der Waals surface area contributed by atoms with Crippen LogP contribution in [0.1, 0.15) is 65.5 Å². The van der Waals surface area contributed by atoms with E-state index in [9.17, 15) is 4.79 Å². The fourth-order valence-corrected chi connectivity index (χ4v) is 3.72. The number of benzene rings is 2. The number of carbonyl (C=O) groups excluding carboxylic acids is 1. The van der Waals surface area contributed by atoms with E-state index in [0.717, 1.165) is 24.1 Å². The lowest BCUT2D eigenvalue weighted by Crippen LogP contribution is -2.26. The molecule has 0 unspecified atom stereocenters. The summed E-state index contributed by atoms with van der Waals surface area (Å²) in [6.45, 7) is 13.2. The van der Waals surface area contributed by atoms with E-state index in [1.54, 1.807) is 0 Å². The highest BCUT2D eigenvalue weighted by molar-refractivity contribution is 6.00. The van der Waals surface area contributed by atoms with E-state index >= 15 is 0 Å². The van der Waals surface area contributed by atoms with E-state index in [4.69, 9.17) is 4.74 Å². The molecule has 0 fully saturated rings. The standard InChI is InChI=1S/C25H34N2O2/c1-7-22(19-11-9-8-10-12-19)26-27-23(28)17-29-21-15-13-20(14-16-21)25(5,6)18-24(2,3)4/h8-16H,7,17-18H2,1-6H3,(H,27,28). The van der Waals surface area contributed by atoms with Crippen molar-refractivity contribution in [1.29, 1.82) is 0 Å². The first-order chi connectivity index (χ1) is 13.6. The highest BCUT2D eigenvalue weighted by Crippen LogP contribution is 2.36. The molecule has 0 aliphatic carbocycles. The Morgan fingerprint density at radius 1 is 0.966 bits per heavy atom. The van der Waals surface area contributed by atoms with Crippen molar-refractivity contribution in [3.05, 3.63) is 65.7 Å². The second-order valence-corrected chi connectivity index (χ2v) is 9.25. The summed E-state index contributed by atoms with van der Waals surface area (Å²) in [7, 11) is 0. The van der Waals surface area contributed by atoms with Crippen LogP contribution in [0.4, 0.5) is 0 Å². The summed E-state index contributed by atoms with van der Waals surface area (Å²) in [5.74, 6) is 0.405. The number of carbonyl (C=O) groups is 1. The number of nitrogens with zero attached hydrogens (tertiary/aromatic N) is 1. The van der Waals surface area contributed by atoms with Crippen LogP contribution in [0.25, 0.3) is 0 Å². The SMILES string of the molecule is CCC(=NNC(=O)COc1ccc(C(C)(C)CC(C)(C)C)cc1)c1ccccc1. The minimum atomic E-state index is -0.274. The van der Waals surface area contributed by atoms with E-state index in [1.807, 2.05) is 49.4 Å². The van der Waals surface area contributed by atoms with Crippen LogP contribution in [0.5, 0.6) is 5.75 Å². The summed E-state index contributed by atoms with van der Waals surface area (Å²) in [6, 6.07) is 17.9. The molecule has 156 valence electrons. The average Bonchev–Trinajstić information content (AvgIpc) is 2.66. The molecule has 0 radical (unpaired) electrons. The van der Waals surface area contributed by atoms with Gasteiger partial charge in [0.25, 0.3) is 5.91 Å². The predicted octanol–water partition coefficient (Wildman–Crippen LogP) is 5.71. The van der Waals surface area contributed by atoms with Gasteiger partial charge in [0.05, 0.1) is 5.71 Å². The van der Waals surface area contributed by atoms with Crippen LogP contribution in [-0.2, 0) is 10.2 Å². The number of hydrazone groups is 1. The molecule has 4 heteroatoms. The Labute approximate surface area is 175 Å². The zero-order chi connectivity index (χ0) is 21.5. The summed E-state index contributed by atoms with van der Waals surface area (Å²) >= 11 is 0. The molecule has 0 heterocycles. The molecule has 2 aromatic carbocycles. The fraction of sp³-hybridized carbons (Fsp3) is 0.440. The van der Waals surface area contributed by atoms with Crippen LogP contribution < -0.4 is 10.2 Å². The second kappa shape index (κ2) is 9.73. The smallest absolute Gasteiger partial charge is 0.277 e. The highest BCUT2D eigenvalue weighted by atomic mass is 16.5. The summed E-state index contributed by atoms with van der Waals surface area (Å²) < 4.78 is 5.63. The second-order valence-electron chi connectivity index (χ2n) is 9.25. The first-order valence-corrected chi connectivity index (χ1v) is 10.2. The molecule has 1 amide bonds. The van der Waals surface area contributed by atoms with Gasteiger partial charge in [0.1, 0.15) is 5.75 Å². The third-order valence-corrected chi connectivity index (χ3v) is 4.74. The maximum absolute atomic E-state index is 12.1. The monoisotopic (exact) mass is 394 g/mol. The van der Waals surface area contributed by atoms with Crippen molar-refractivity contribution < 1.29 is 9.53 Å². The van der Waals surface area contributed by atoms with Crippen molar-refractivity contribution in [3.63, 3.8) is 0 Å². The number of hydrogen-bond acceptors (Lipinski definition) is 3. The van der Waals surface area contributed by atoms with E-state index in [2.05, 4.69) is 57.3 Å². The molecule has 0 atom stereocenters. The fourth-order valence-electron chi connectivity index (χ4n) is 3.72. The van der Waals surface area contributed by atoms with Crippen molar-refractivity contribution in [3.8, 4) is 5.75 Å². The largest absolute Gasteiger partial charge is 0.484 e. The van der Waals surface area contributed by atoms with Gasteiger partial charge in [-0.15, -0.1) is 0 Å². The Morgan fingerprint density at radius 2 is 1.59 bits per heavy atom. The molecular weight excluding hydrogens is 360 g/mol. The molecule has 2 aromatic rings. The molecular formula is C25H34N2O2. The minimum absolute atomic E-state index is 0.0694. The molecule has 2 rings (SSSR count). The first-order valence-electron chi connectivity index (χ1n) is 10.2. The van der Waals surface area contributed by atoms with E-state index in [0.29, 0.717) is 5.75 Å². The van der Waals surface area contributed by atoms with E-state index in [-0.39, 0.29) is 23.3 Å². The van der Waals surface area contributed by atoms with Gasteiger partial charge >= 0.3 is 0 Å². The number of nitrogens with one attached hydrogen (secondary N) is 1. The summed E-state index contributed by atoms with van der Waals surface area (Å²) in [5.41, 5.74) is 6.04. The maximum atomic E-state index is 12.1. The van der Waals surface area contributed by atoms with Crippen LogP contribution >= 0.6 is 0 Å².